The Morgan fingerprint density at radius 2 is 0.200 bits per heavy atom. The molecule has 0 atom stereocenters. The first-order valence-electron chi connectivity index (χ1n) is 9.83. The fourth-order valence-electron chi connectivity index (χ4n) is 1.13. The molecule has 0 N–H and O–H groups in total. The van der Waals surface area contributed by atoms with Crippen molar-refractivity contribution in [1.82, 2.24) is 0 Å². The molecular formula is C40H2. The second-order valence-electron chi connectivity index (χ2n) is 4.79. The van der Waals surface area contributed by atoms with Gasteiger partial charge in [-0.15, -0.1) is 12.8 Å². The van der Waals surface area contributed by atoms with E-state index in [-0.39, 0.29) is 0 Å². The molecule has 0 radical (unpaired) electrons. The van der Waals surface area contributed by atoms with Crippen molar-refractivity contribution in [3.05, 3.63) is 0 Å². The summed E-state index contributed by atoms with van der Waals surface area (Å²) in [4.78, 5) is 0. The standard InChI is InChI=1S/C40H2/c1-3-5-7-9-11-13-15-17-19-21-23-25-27-29-31-33-35-37-39-40-38-36-34-32-30-28-26-24-22-20-18-16-14-12-10-8-6-4-2/h1-2H. The average Bonchev–Trinajstić information content (AvgIpc) is 2.97. The average molecular weight is 482 g/mol. The Hall–Kier alpha value is -8.80. The Morgan fingerprint density at radius 1 is 0.125 bits per heavy atom. The number of hydrogen-bond acceptors (Lipinski definition) is 0. The van der Waals surface area contributed by atoms with Crippen LogP contribution in [0.1, 0.15) is 0 Å². The highest BCUT2D eigenvalue weighted by Gasteiger charge is 1.61. The van der Waals surface area contributed by atoms with Gasteiger partial charge in [0.05, 0.1) is 0 Å². The van der Waals surface area contributed by atoms with Crippen LogP contribution >= 0.6 is 0 Å². The molecule has 0 heteroatoms. The van der Waals surface area contributed by atoms with Crippen LogP contribution in [-0.4, -0.2) is 0 Å². The first-order chi connectivity index (χ1) is 19.9. The highest BCUT2D eigenvalue weighted by molar-refractivity contribution is 5.49. The van der Waals surface area contributed by atoms with Crippen LogP contribution in [0.5, 0.6) is 0 Å². The molecule has 0 aromatic heterocycles. The smallest absolute Gasteiger partial charge is 0 e. The highest BCUT2D eigenvalue weighted by Crippen LogP contribution is 1.61. The zero-order valence-corrected chi connectivity index (χ0v) is 20.2. The number of hydrogen-bond donors (Lipinski definition) is 0. The molecule has 40 heavy (non-hydrogen) atoms. The second kappa shape index (κ2) is 30.2. The van der Waals surface area contributed by atoms with E-state index >= 15 is 0 Å². The normalized spacial score (nSPS) is 3.85. The monoisotopic (exact) mass is 482 g/mol. The molecule has 162 valence electrons. The fourth-order valence-corrected chi connectivity index (χ4v) is 1.13. The third-order valence-corrected chi connectivity index (χ3v) is 2.33. The Labute approximate surface area is 237 Å². The summed E-state index contributed by atoms with van der Waals surface area (Å²) < 4.78 is 0. The molecule has 0 amide bonds. The third-order valence-electron chi connectivity index (χ3n) is 2.33. The minimum Gasteiger partial charge on any atom is -0.106 e. The number of terminal acetylenes is 2. The minimum absolute atomic E-state index is 2.12. The van der Waals surface area contributed by atoms with Gasteiger partial charge in [-0.1, -0.05) is 0 Å². The van der Waals surface area contributed by atoms with Crippen LogP contribution in [-0.2, 0) is 0 Å². The van der Waals surface area contributed by atoms with E-state index in [1.54, 1.807) is 0 Å². The predicted octanol–water partition coefficient (Wildman–Crippen LogP) is 0.314. The zero-order chi connectivity index (χ0) is 28.9. The van der Waals surface area contributed by atoms with Crippen LogP contribution in [0.3, 0.4) is 0 Å². The predicted molar refractivity (Wildman–Crippen MR) is 158 cm³/mol. The summed E-state index contributed by atoms with van der Waals surface area (Å²) in [5.41, 5.74) is 0. The van der Waals surface area contributed by atoms with Gasteiger partial charge in [-0.2, -0.15) is 0 Å². The zero-order valence-electron chi connectivity index (χ0n) is 20.2. The maximum absolute atomic E-state index is 4.93. The first kappa shape index (κ1) is 31.2. The molecule has 0 saturated carbocycles. The summed E-state index contributed by atoms with van der Waals surface area (Å²) in [5.74, 6) is 93.1. The highest BCUT2D eigenvalue weighted by atomic mass is 13.6. The van der Waals surface area contributed by atoms with Gasteiger partial charge in [0, 0.05) is 130 Å². The summed E-state index contributed by atoms with van der Waals surface area (Å²) in [6.45, 7) is 0. The molecule has 0 fully saturated rings. The summed E-state index contributed by atoms with van der Waals surface area (Å²) >= 11 is 0. The van der Waals surface area contributed by atoms with E-state index in [1.807, 2.05) is 0 Å². The molecule has 0 nitrogen and oxygen atoms in total. The van der Waals surface area contributed by atoms with Crippen molar-refractivity contribution >= 4 is 0 Å². The molecule has 0 spiro atoms. The van der Waals surface area contributed by atoms with Gasteiger partial charge in [-0.25, -0.2) is 0 Å². The Balaban J connectivity index is 4.52. The van der Waals surface area contributed by atoms with Gasteiger partial charge in [0.15, 0.2) is 0 Å². The molecule has 0 aliphatic heterocycles. The van der Waals surface area contributed by atoms with Crippen molar-refractivity contribution in [2.24, 2.45) is 0 Å². The van der Waals surface area contributed by atoms with E-state index in [0.717, 1.165) is 0 Å². The fraction of sp³-hybridized carbons (Fsp3) is 0. The van der Waals surface area contributed by atoms with Crippen molar-refractivity contribution < 1.29 is 0 Å². The lowest BCUT2D eigenvalue weighted by Gasteiger charge is -1.57. The molecule has 0 aromatic carbocycles. The summed E-state index contributed by atoms with van der Waals surface area (Å²) in [5, 5.41) is 0. The van der Waals surface area contributed by atoms with E-state index in [1.165, 1.54) is 0 Å². The minimum atomic E-state index is 2.12. The molecule has 0 rings (SSSR count). The molecule has 0 saturated heterocycles. The summed E-state index contributed by atoms with van der Waals surface area (Å²) in [6.07, 6.45) is 9.86. The van der Waals surface area contributed by atoms with Crippen LogP contribution in [0, 0.1) is 238 Å². The molecule has 0 aliphatic rings. The Bertz CT molecular complexity index is 2140. The topological polar surface area (TPSA) is 0 Å². The molecule has 0 unspecified atom stereocenters. The lowest BCUT2D eigenvalue weighted by atomic mass is 10.4. The van der Waals surface area contributed by atoms with Crippen molar-refractivity contribution in [2.45, 2.75) is 0 Å². The van der Waals surface area contributed by atoms with Crippen molar-refractivity contribution in [3.8, 4) is 238 Å². The largest absolute Gasteiger partial charge is 0.106 e. The molecule has 0 aromatic rings. The van der Waals surface area contributed by atoms with Gasteiger partial charge in [-0.3, -0.25) is 0 Å². The van der Waals surface area contributed by atoms with Gasteiger partial charge in [0.2, 0.25) is 0 Å². The molecule has 0 heterocycles. The van der Waals surface area contributed by atoms with E-state index in [9.17, 15) is 0 Å². The SMILES string of the molecule is C#CC#CC#CC#CC#CC#CC#CC#CC#CC#CC#CC#CC#CC#CC#CC#CC#CC#CC#CC#C. The van der Waals surface area contributed by atoms with Gasteiger partial charge >= 0.3 is 0 Å². The Morgan fingerprint density at radius 3 is 0.275 bits per heavy atom. The summed E-state index contributed by atoms with van der Waals surface area (Å²) in [7, 11) is 0. The molecule has 0 bridgehead atoms. The maximum Gasteiger partial charge on any atom is 0 e. The van der Waals surface area contributed by atoms with Gasteiger partial charge in [-0.05, 0) is 94.7 Å². The second-order valence-corrected chi connectivity index (χ2v) is 4.79. The van der Waals surface area contributed by atoms with Crippen LogP contribution in [0.15, 0.2) is 0 Å². The molecule has 0 aliphatic carbocycles. The van der Waals surface area contributed by atoms with E-state index in [0.29, 0.717) is 0 Å². The van der Waals surface area contributed by atoms with E-state index < -0.39 is 0 Å². The van der Waals surface area contributed by atoms with Gasteiger partial charge < -0.3 is 0 Å². The summed E-state index contributed by atoms with van der Waals surface area (Å²) in [6, 6.07) is 0. The first-order valence-corrected chi connectivity index (χ1v) is 9.83. The van der Waals surface area contributed by atoms with Gasteiger partial charge in [0.1, 0.15) is 0 Å². The van der Waals surface area contributed by atoms with E-state index in [2.05, 4.69) is 225 Å². The van der Waals surface area contributed by atoms with Crippen molar-refractivity contribution in [3.63, 3.8) is 0 Å². The van der Waals surface area contributed by atoms with Crippen molar-refractivity contribution in [2.75, 3.05) is 0 Å². The number of rotatable bonds is 0. The van der Waals surface area contributed by atoms with Crippen LogP contribution in [0.2, 0.25) is 0 Å². The quantitative estimate of drug-likeness (QED) is 0.437. The van der Waals surface area contributed by atoms with Crippen LogP contribution in [0.25, 0.3) is 0 Å². The Kier molecular flexibility index (Phi) is 23.6. The van der Waals surface area contributed by atoms with Gasteiger partial charge in [0.25, 0.3) is 0 Å². The van der Waals surface area contributed by atoms with Crippen molar-refractivity contribution in [1.29, 1.82) is 0 Å². The van der Waals surface area contributed by atoms with Crippen LogP contribution < -0.4 is 0 Å². The lowest BCUT2D eigenvalue weighted by Crippen LogP contribution is -1.57. The lowest BCUT2D eigenvalue weighted by molar-refractivity contribution is 2.32. The molecular weight excluding hydrogens is 480 g/mol. The maximum atomic E-state index is 4.93. The third kappa shape index (κ3) is 29.2. The van der Waals surface area contributed by atoms with Crippen LogP contribution in [0.4, 0.5) is 0 Å². The van der Waals surface area contributed by atoms with E-state index in [4.69, 9.17) is 12.8 Å².